The summed E-state index contributed by atoms with van der Waals surface area (Å²) >= 11 is 0. The molecule has 1 aliphatic heterocycles. The van der Waals surface area contributed by atoms with E-state index in [-0.39, 0.29) is 16.2 Å². The zero-order valence-corrected chi connectivity index (χ0v) is 8.57. The van der Waals surface area contributed by atoms with Gasteiger partial charge in [-0.1, -0.05) is 0 Å². The highest BCUT2D eigenvalue weighted by atomic mass is 16.5. The quantitative estimate of drug-likeness (QED) is 0.581. The van der Waals surface area contributed by atoms with E-state index in [1.165, 1.54) is 12.1 Å². The van der Waals surface area contributed by atoms with E-state index in [9.17, 15) is 14.8 Å². The second kappa shape index (κ2) is 3.26. The van der Waals surface area contributed by atoms with Crippen molar-refractivity contribution in [2.24, 2.45) is 0 Å². The molecule has 0 unspecified atom stereocenters. The van der Waals surface area contributed by atoms with Gasteiger partial charge in [-0.25, -0.2) is 4.68 Å². The summed E-state index contributed by atoms with van der Waals surface area (Å²) in [5.74, 6) is -1.41. The molecular formula is C11H7N3O3. The van der Waals surface area contributed by atoms with Crippen LogP contribution < -0.4 is 0 Å². The van der Waals surface area contributed by atoms with E-state index in [0.29, 0.717) is 5.69 Å². The number of fused-ring (bicyclic) bond motifs is 1. The molecule has 0 atom stereocenters. The molecule has 0 saturated carbocycles. The summed E-state index contributed by atoms with van der Waals surface area (Å²) in [4.78, 5) is 23.0. The molecule has 2 heterocycles. The van der Waals surface area contributed by atoms with Crippen LogP contribution in [0.15, 0.2) is 36.7 Å². The van der Waals surface area contributed by atoms with Crippen LogP contribution in [0.3, 0.4) is 0 Å². The third kappa shape index (κ3) is 1.28. The first-order valence-corrected chi connectivity index (χ1v) is 4.90. The van der Waals surface area contributed by atoms with Crippen molar-refractivity contribution in [2.45, 2.75) is 0 Å². The van der Waals surface area contributed by atoms with Crippen LogP contribution in [0.2, 0.25) is 0 Å². The van der Waals surface area contributed by atoms with Crippen LogP contribution in [0.4, 0.5) is 0 Å². The molecule has 0 fully saturated rings. The van der Waals surface area contributed by atoms with Crippen LogP contribution in [0.25, 0.3) is 5.69 Å². The Morgan fingerprint density at radius 1 is 1.12 bits per heavy atom. The number of imide groups is 1. The number of hydrogen-bond acceptors (Lipinski definition) is 4. The molecule has 2 aromatic rings. The third-order valence-electron chi connectivity index (χ3n) is 2.62. The second-order valence-corrected chi connectivity index (χ2v) is 3.60. The van der Waals surface area contributed by atoms with E-state index in [0.717, 1.165) is 0 Å². The predicted molar refractivity (Wildman–Crippen MR) is 55.9 cm³/mol. The summed E-state index contributed by atoms with van der Waals surface area (Å²) in [5.41, 5.74) is 1.05. The number of carbonyl (C=O) groups is 2. The van der Waals surface area contributed by atoms with Gasteiger partial charge in [-0.2, -0.15) is 5.10 Å². The molecule has 0 radical (unpaired) electrons. The monoisotopic (exact) mass is 229 g/mol. The van der Waals surface area contributed by atoms with E-state index in [2.05, 4.69) is 5.10 Å². The molecule has 0 aliphatic carbocycles. The summed E-state index contributed by atoms with van der Waals surface area (Å²) < 4.78 is 1.57. The Balaban J connectivity index is 2.16. The number of nitrogens with zero attached hydrogens (tertiary/aromatic N) is 3. The maximum absolute atomic E-state index is 11.6. The van der Waals surface area contributed by atoms with Crippen molar-refractivity contribution in [3.63, 3.8) is 0 Å². The number of rotatable bonds is 1. The van der Waals surface area contributed by atoms with Crippen molar-refractivity contribution >= 4 is 11.8 Å². The van der Waals surface area contributed by atoms with Gasteiger partial charge in [-0.3, -0.25) is 14.8 Å². The van der Waals surface area contributed by atoms with Crippen LogP contribution in [-0.4, -0.2) is 31.9 Å². The lowest BCUT2D eigenvalue weighted by atomic mass is 10.1. The zero-order valence-electron chi connectivity index (χ0n) is 8.57. The SMILES string of the molecule is O=C1c2ccc(-n3cccn3)cc2C(=O)N1O. The number of aromatic nitrogens is 2. The average Bonchev–Trinajstić information content (AvgIpc) is 2.94. The number of carbonyl (C=O) groups excluding carboxylic acids is 2. The minimum atomic E-state index is -0.709. The maximum Gasteiger partial charge on any atom is 0.285 e. The summed E-state index contributed by atoms with van der Waals surface area (Å²) in [6.07, 6.45) is 3.33. The lowest BCUT2D eigenvalue weighted by molar-refractivity contribution is -0.0327. The topological polar surface area (TPSA) is 75.4 Å². The van der Waals surface area contributed by atoms with Gasteiger partial charge in [0.2, 0.25) is 0 Å². The van der Waals surface area contributed by atoms with Crippen LogP contribution >= 0.6 is 0 Å². The normalized spacial score (nSPS) is 14.3. The Kier molecular flexibility index (Phi) is 1.87. The summed E-state index contributed by atoms with van der Waals surface area (Å²) in [6.45, 7) is 0. The average molecular weight is 229 g/mol. The van der Waals surface area contributed by atoms with E-state index in [4.69, 9.17) is 0 Å². The smallest absolute Gasteiger partial charge is 0.278 e. The minimum Gasteiger partial charge on any atom is -0.278 e. The standard InChI is InChI=1S/C11H7N3O3/c15-10-8-3-2-7(13-5-1-4-12-13)6-9(8)11(16)14(10)17/h1-6,17H. The highest BCUT2D eigenvalue weighted by Crippen LogP contribution is 2.23. The van der Waals surface area contributed by atoms with E-state index < -0.39 is 11.8 Å². The van der Waals surface area contributed by atoms with Crippen LogP contribution in [0, 0.1) is 0 Å². The molecular weight excluding hydrogens is 222 g/mol. The molecule has 3 rings (SSSR count). The number of hydroxylamine groups is 2. The molecule has 6 heteroatoms. The zero-order chi connectivity index (χ0) is 12.0. The summed E-state index contributed by atoms with van der Waals surface area (Å²) in [6, 6.07) is 6.44. The molecule has 1 aromatic carbocycles. The highest BCUT2D eigenvalue weighted by molar-refractivity contribution is 6.20. The van der Waals surface area contributed by atoms with Gasteiger partial charge in [0, 0.05) is 12.4 Å². The minimum absolute atomic E-state index is 0.123. The summed E-state index contributed by atoms with van der Waals surface area (Å²) in [5, 5.41) is 13.4. The number of benzene rings is 1. The lowest BCUT2D eigenvalue weighted by Gasteiger charge is -2.02. The maximum atomic E-state index is 11.6. The van der Waals surface area contributed by atoms with Crippen molar-refractivity contribution in [3.8, 4) is 5.69 Å². The van der Waals surface area contributed by atoms with Crippen molar-refractivity contribution in [1.29, 1.82) is 0 Å². The number of hydrogen-bond donors (Lipinski definition) is 1. The van der Waals surface area contributed by atoms with Crippen molar-refractivity contribution in [1.82, 2.24) is 14.8 Å². The van der Waals surface area contributed by atoms with Crippen LogP contribution in [0.5, 0.6) is 0 Å². The van der Waals surface area contributed by atoms with Gasteiger partial charge in [0.1, 0.15) is 0 Å². The van der Waals surface area contributed by atoms with Gasteiger partial charge < -0.3 is 0 Å². The molecule has 1 N–H and O–H groups in total. The fourth-order valence-corrected chi connectivity index (χ4v) is 1.78. The van der Waals surface area contributed by atoms with E-state index >= 15 is 0 Å². The molecule has 1 aromatic heterocycles. The first-order chi connectivity index (χ1) is 8.18. The molecule has 0 spiro atoms. The van der Waals surface area contributed by atoms with Gasteiger partial charge >= 0.3 is 0 Å². The van der Waals surface area contributed by atoms with Gasteiger partial charge in [0.15, 0.2) is 0 Å². The molecule has 1 aliphatic rings. The Bertz CT molecular complexity index is 619. The van der Waals surface area contributed by atoms with Gasteiger partial charge in [-0.05, 0) is 24.3 Å². The largest absolute Gasteiger partial charge is 0.285 e. The first kappa shape index (κ1) is 9.73. The lowest BCUT2D eigenvalue weighted by Crippen LogP contribution is -2.25. The molecule has 0 bridgehead atoms. The Hall–Kier alpha value is -2.47. The van der Waals surface area contributed by atoms with Crippen LogP contribution in [-0.2, 0) is 0 Å². The predicted octanol–water partition coefficient (Wildman–Crippen LogP) is 0.857. The molecule has 17 heavy (non-hydrogen) atoms. The first-order valence-electron chi connectivity index (χ1n) is 4.90. The van der Waals surface area contributed by atoms with E-state index in [1.807, 2.05) is 0 Å². The van der Waals surface area contributed by atoms with Crippen LogP contribution in [0.1, 0.15) is 20.7 Å². The van der Waals surface area contributed by atoms with Gasteiger partial charge in [-0.15, -0.1) is 5.06 Å². The van der Waals surface area contributed by atoms with Gasteiger partial charge in [0.05, 0.1) is 16.8 Å². The van der Waals surface area contributed by atoms with E-state index in [1.54, 1.807) is 29.2 Å². The fourth-order valence-electron chi connectivity index (χ4n) is 1.78. The molecule has 84 valence electrons. The molecule has 6 nitrogen and oxygen atoms in total. The Labute approximate surface area is 95.7 Å². The molecule has 2 amide bonds. The van der Waals surface area contributed by atoms with Crippen molar-refractivity contribution in [3.05, 3.63) is 47.8 Å². The third-order valence-corrected chi connectivity index (χ3v) is 2.62. The second-order valence-electron chi connectivity index (χ2n) is 3.60. The Morgan fingerprint density at radius 2 is 1.88 bits per heavy atom. The van der Waals surface area contributed by atoms with Gasteiger partial charge in [0.25, 0.3) is 11.8 Å². The highest BCUT2D eigenvalue weighted by Gasteiger charge is 2.35. The molecule has 0 saturated heterocycles. The van der Waals surface area contributed by atoms with Crippen molar-refractivity contribution in [2.75, 3.05) is 0 Å². The Morgan fingerprint density at radius 3 is 2.59 bits per heavy atom. The number of amides is 2. The fraction of sp³-hybridized carbons (Fsp3) is 0. The van der Waals surface area contributed by atoms with Crippen molar-refractivity contribution < 1.29 is 14.8 Å². The summed E-state index contributed by atoms with van der Waals surface area (Å²) in [7, 11) is 0.